The standard InChI is InChI=1S/C14H14O4S/c1-8-6-11(9(2)18-8)14(16)12-5-4-10(19-12)7-13(15)17-3/h4-6H,7H2,1-3H3. The second-order valence-corrected chi connectivity index (χ2v) is 5.34. The monoisotopic (exact) mass is 278 g/mol. The average Bonchev–Trinajstić information content (AvgIpc) is 2.95. The molecule has 0 aliphatic carbocycles. The Morgan fingerprint density at radius 1 is 1.32 bits per heavy atom. The van der Waals surface area contributed by atoms with Crippen LogP contribution >= 0.6 is 11.3 Å². The lowest BCUT2D eigenvalue weighted by Gasteiger charge is -1.96. The minimum absolute atomic E-state index is 0.0736. The fourth-order valence-corrected chi connectivity index (χ4v) is 2.75. The molecule has 5 heteroatoms. The first-order valence-electron chi connectivity index (χ1n) is 5.78. The van der Waals surface area contributed by atoms with Gasteiger partial charge in [0.15, 0.2) is 0 Å². The van der Waals surface area contributed by atoms with E-state index in [1.54, 1.807) is 32.0 Å². The first-order chi connectivity index (χ1) is 9.01. The molecular formula is C14H14O4S. The summed E-state index contributed by atoms with van der Waals surface area (Å²) in [4.78, 5) is 24.9. The summed E-state index contributed by atoms with van der Waals surface area (Å²) in [6.45, 7) is 3.57. The summed E-state index contributed by atoms with van der Waals surface area (Å²) >= 11 is 1.31. The molecule has 0 aliphatic rings. The molecule has 0 spiro atoms. The van der Waals surface area contributed by atoms with Crippen LogP contribution in [0.4, 0.5) is 0 Å². The van der Waals surface area contributed by atoms with Crippen molar-refractivity contribution in [2.24, 2.45) is 0 Å². The fraction of sp³-hybridized carbons (Fsp3) is 0.286. The van der Waals surface area contributed by atoms with Gasteiger partial charge in [-0.1, -0.05) is 0 Å². The number of rotatable bonds is 4. The molecule has 2 aromatic rings. The van der Waals surface area contributed by atoms with Gasteiger partial charge in [-0.05, 0) is 32.0 Å². The summed E-state index contributed by atoms with van der Waals surface area (Å²) in [5.74, 6) is 0.948. The first kappa shape index (κ1) is 13.5. The van der Waals surface area contributed by atoms with E-state index in [0.29, 0.717) is 22.0 Å². The van der Waals surface area contributed by atoms with Gasteiger partial charge >= 0.3 is 5.97 Å². The number of carbonyl (C=O) groups is 2. The number of esters is 1. The van der Waals surface area contributed by atoms with Crippen molar-refractivity contribution in [2.75, 3.05) is 7.11 Å². The van der Waals surface area contributed by atoms with Gasteiger partial charge in [0, 0.05) is 4.88 Å². The Labute approximate surface area is 115 Å². The predicted octanol–water partition coefficient (Wildman–Crippen LogP) is 2.90. The van der Waals surface area contributed by atoms with Crippen molar-refractivity contribution in [2.45, 2.75) is 20.3 Å². The second-order valence-electron chi connectivity index (χ2n) is 4.17. The predicted molar refractivity (Wildman–Crippen MR) is 71.7 cm³/mol. The number of thiophene rings is 1. The van der Waals surface area contributed by atoms with Gasteiger partial charge in [-0.3, -0.25) is 9.59 Å². The average molecular weight is 278 g/mol. The Balaban J connectivity index is 2.21. The van der Waals surface area contributed by atoms with Crippen LogP contribution in [0.3, 0.4) is 0 Å². The van der Waals surface area contributed by atoms with Gasteiger partial charge in [0.05, 0.1) is 24.0 Å². The minimum atomic E-state index is -0.309. The molecule has 2 heterocycles. The molecule has 2 rings (SSSR count). The molecule has 19 heavy (non-hydrogen) atoms. The maximum absolute atomic E-state index is 12.3. The highest BCUT2D eigenvalue weighted by atomic mass is 32.1. The lowest BCUT2D eigenvalue weighted by molar-refractivity contribution is -0.139. The van der Waals surface area contributed by atoms with E-state index in [0.717, 1.165) is 4.88 Å². The number of carbonyl (C=O) groups excluding carboxylic acids is 2. The van der Waals surface area contributed by atoms with Crippen LogP contribution in [-0.2, 0) is 16.0 Å². The van der Waals surface area contributed by atoms with E-state index in [4.69, 9.17) is 4.42 Å². The van der Waals surface area contributed by atoms with Crippen LogP contribution in [0.5, 0.6) is 0 Å². The molecule has 0 N–H and O–H groups in total. The van der Waals surface area contributed by atoms with Gasteiger partial charge in [-0.15, -0.1) is 11.3 Å². The molecule has 4 nitrogen and oxygen atoms in total. The maximum Gasteiger partial charge on any atom is 0.310 e. The topological polar surface area (TPSA) is 56.5 Å². The highest BCUT2D eigenvalue weighted by Gasteiger charge is 2.18. The minimum Gasteiger partial charge on any atom is -0.469 e. The van der Waals surface area contributed by atoms with Crippen molar-refractivity contribution in [3.05, 3.63) is 45.0 Å². The van der Waals surface area contributed by atoms with Gasteiger partial charge in [-0.25, -0.2) is 0 Å². The number of furan rings is 1. The number of ether oxygens (including phenoxy) is 1. The van der Waals surface area contributed by atoms with Gasteiger partial charge < -0.3 is 9.15 Å². The van der Waals surface area contributed by atoms with Gasteiger partial charge in [-0.2, -0.15) is 0 Å². The van der Waals surface area contributed by atoms with Crippen molar-refractivity contribution < 1.29 is 18.7 Å². The Morgan fingerprint density at radius 2 is 2.05 bits per heavy atom. The van der Waals surface area contributed by atoms with Gasteiger partial charge in [0.1, 0.15) is 11.5 Å². The normalized spacial score (nSPS) is 10.5. The third-order valence-electron chi connectivity index (χ3n) is 2.72. The van der Waals surface area contributed by atoms with E-state index in [1.165, 1.54) is 18.4 Å². The smallest absolute Gasteiger partial charge is 0.310 e. The Kier molecular flexibility index (Phi) is 3.85. The van der Waals surface area contributed by atoms with Crippen molar-refractivity contribution in [1.82, 2.24) is 0 Å². The van der Waals surface area contributed by atoms with E-state index < -0.39 is 0 Å². The quantitative estimate of drug-likeness (QED) is 0.637. The molecule has 0 amide bonds. The van der Waals surface area contributed by atoms with E-state index in [-0.39, 0.29) is 18.2 Å². The number of methoxy groups -OCH3 is 1. The number of hydrogen-bond donors (Lipinski definition) is 0. The number of ketones is 1. The Bertz CT molecular complexity index is 621. The van der Waals surface area contributed by atoms with E-state index in [9.17, 15) is 9.59 Å². The molecule has 100 valence electrons. The molecule has 0 saturated carbocycles. The van der Waals surface area contributed by atoms with Crippen LogP contribution < -0.4 is 0 Å². The molecular weight excluding hydrogens is 264 g/mol. The van der Waals surface area contributed by atoms with Crippen molar-refractivity contribution >= 4 is 23.1 Å². The van der Waals surface area contributed by atoms with Crippen LogP contribution in [0.15, 0.2) is 22.6 Å². The molecule has 0 aliphatic heterocycles. The number of aryl methyl sites for hydroxylation is 2. The molecule has 0 saturated heterocycles. The van der Waals surface area contributed by atoms with Crippen molar-refractivity contribution in [3.8, 4) is 0 Å². The molecule has 0 fully saturated rings. The zero-order chi connectivity index (χ0) is 14.0. The molecule has 0 aromatic carbocycles. The maximum atomic E-state index is 12.3. The summed E-state index contributed by atoms with van der Waals surface area (Å²) in [5.41, 5.74) is 0.573. The zero-order valence-electron chi connectivity index (χ0n) is 11.0. The summed E-state index contributed by atoms with van der Waals surface area (Å²) in [7, 11) is 1.35. The summed E-state index contributed by atoms with van der Waals surface area (Å²) in [5, 5.41) is 0. The largest absolute Gasteiger partial charge is 0.469 e. The van der Waals surface area contributed by atoms with Crippen molar-refractivity contribution in [3.63, 3.8) is 0 Å². The van der Waals surface area contributed by atoms with Gasteiger partial charge in [0.2, 0.25) is 5.78 Å². The highest BCUT2D eigenvalue weighted by Crippen LogP contribution is 2.24. The van der Waals surface area contributed by atoms with E-state index in [2.05, 4.69) is 4.74 Å². The lowest BCUT2D eigenvalue weighted by Crippen LogP contribution is -2.02. The molecule has 0 atom stereocenters. The third-order valence-corrected chi connectivity index (χ3v) is 3.80. The summed E-state index contributed by atoms with van der Waals surface area (Å²) in [6, 6.07) is 5.24. The van der Waals surface area contributed by atoms with Crippen LogP contribution in [-0.4, -0.2) is 18.9 Å². The van der Waals surface area contributed by atoms with Crippen LogP contribution in [0.1, 0.15) is 31.6 Å². The van der Waals surface area contributed by atoms with Crippen LogP contribution in [0.2, 0.25) is 0 Å². The molecule has 2 aromatic heterocycles. The SMILES string of the molecule is COC(=O)Cc1ccc(C(=O)c2cc(C)oc2C)s1. The first-order valence-corrected chi connectivity index (χ1v) is 6.60. The molecule has 0 radical (unpaired) electrons. The van der Waals surface area contributed by atoms with Gasteiger partial charge in [0.25, 0.3) is 0 Å². The Hall–Kier alpha value is -1.88. The second kappa shape index (κ2) is 5.40. The van der Waals surface area contributed by atoms with Crippen molar-refractivity contribution in [1.29, 1.82) is 0 Å². The zero-order valence-corrected chi connectivity index (χ0v) is 11.8. The molecule has 0 unspecified atom stereocenters. The van der Waals surface area contributed by atoms with E-state index in [1.807, 2.05) is 0 Å². The van der Waals surface area contributed by atoms with Crippen LogP contribution in [0.25, 0.3) is 0 Å². The number of hydrogen-bond acceptors (Lipinski definition) is 5. The van der Waals surface area contributed by atoms with Crippen LogP contribution in [0, 0.1) is 13.8 Å². The summed E-state index contributed by atoms with van der Waals surface area (Å²) in [6.07, 6.45) is 0.192. The summed E-state index contributed by atoms with van der Waals surface area (Å²) < 4.78 is 9.95. The highest BCUT2D eigenvalue weighted by molar-refractivity contribution is 7.14. The molecule has 0 bridgehead atoms. The fourth-order valence-electron chi connectivity index (χ4n) is 1.80. The lowest BCUT2D eigenvalue weighted by atomic mass is 10.1. The van der Waals surface area contributed by atoms with E-state index >= 15 is 0 Å². The Morgan fingerprint density at radius 3 is 2.63 bits per heavy atom. The third kappa shape index (κ3) is 2.93.